The molecule has 0 spiro atoms. The molecule has 0 aromatic carbocycles. The topological polar surface area (TPSA) is 98.0 Å². The van der Waals surface area contributed by atoms with E-state index in [2.05, 4.69) is 19.9 Å². The standard InChI is InChI=1S/C13H18N4O3S/c1-2-3-10-21(18,19)15-9-7-12-16-17-13(20-12)11-6-4-5-8-14-11/h4-6,8,15H,2-3,7,9-10H2,1H3. The maximum Gasteiger partial charge on any atom is 0.266 e. The largest absolute Gasteiger partial charge is 0.419 e. The van der Waals surface area contributed by atoms with Gasteiger partial charge in [0.2, 0.25) is 15.9 Å². The van der Waals surface area contributed by atoms with Gasteiger partial charge in [-0.15, -0.1) is 10.2 Å². The Morgan fingerprint density at radius 2 is 2.14 bits per heavy atom. The van der Waals surface area contributed by atoms with Crippen molar-refractivity contribution in [3.8, 4) is 11.6 Å². The lowest BCUT2D eigenvalue weighted by molar-refractivity contribution is 0.500. The highest BCUT2D eigenvalue weighted by Gasteiger charge is 2.12. The van der Waals surface area contributed by atoms with Crippen molar-refractivity contribution in [1.29, 1.82) is 0 Å². The van der Waals surface area contributed by atoms with E-state index >= 15 is 0 Å². The van der Waals surface area contributed by atoms with E-state index in [1.807, 2.05) is 13.0 Å². The van der Waals surface area contributed by atoms with Gasteiger partial charge >= 0.3 is 0 Å². The van der Waals surface area contributed by atoms with Crippen LogP contribution < -0.4 is 4.72 Å². The van der Waals surface area contributed by atoms with Crippen molar-refractivity contribution in [2.45, 2.75) is 26.2 Å². The maximum absolute atomic E-state index is 11.6. The molecule has 0 fully saturated rings. The SMILES string of the molecule is CCCCS(=O)(=O)NCCc1nnc(-c2ccccn2)o1. The number of hydrogen-bond acceptors (Lipinski definition) is 6. The molecule has 114 valence electrons. The van der Waals surface area contributed by atoms with Gasteiger partial charge in [-0.3, -0.25) is 4.98 Å². The van der Waals surface area contributed by atoms with Crippen LogP contribution in [0.5, 0.6) is 0 Å². The predicted octanol–water partition coefficient (Wildman–Crippen LogP) is 1.39. The highest BCUT2D eigenvalue weighted by atomic mass is 32.2. The molecule has 2 heterocycles. The summed E-state index contributed by atoms with van der Waals surface area (Å²) in [6, 6.07) is 5.39. The molecular weight excluding hydrogens is 292 g/mol. The van der Waals surface area contributed by atoms with Crippen LogP contribution in [-0.4, -0.2) is 35.9 Å². The van der Waals surface area contributed by atoms with Gasteiger partial charge in [0.15, 0.2) is 0 Å². The van der Waals surface area contributed by atoms with Crippen molar-refractivity contribution in [3.05, 3.63) is 30.3 Å². The van der Waals surface area contributed by atoms with E-state index in [4.69, 9.17) is 4.42 Å². The zero-order valence-electron chi connectivity index (χ0n) is 11.8. The van der Waals surface area contributed by atoms with Crippen molar-refractivity contribution in [3.63, 3.8) is 0 Å². The van der Waals surface area contributed by atoms with Gasteiger partial charge < -0.3 is 4.42 Å². The van der Waals surface area contributed by atoms with Crippen LogP contribution in [0.15, 0.2) is 28.8 Å². The normalized spacial score (nSPS) is 11.7. The molecule has 2 rings (SSSR count). The first kappa shape index (κ1) is 15.6. The average Bonchev–Trinajstić information content (AvgIpc) is 2.95. The first-order valence-corrected chi connectivity index (χ1v) is 8.47. The molecule has 0 atom stereocenters. The molecular formula is C13H18N4O3S. The van der Waals surface area contributed by atoms with Gasteiger partial charge in [0, 0.05) is 19.2 Å². The number of nitrogens with zero attached hydrogens (tertiary/aromatic N) is 3. The first-order chi connectivity index (χ1) is 10.1. The molecule has 1 N–H and O–H groups in total. The Balaban J connectivity index is 1.86. The summed E-state index contributed by atoms with van der Waals surface area (Å²) >= 11 is 0. The van der Waals surface area contributed by atoms with Crippen molar-refractivity contribution in [1.82, 2.24) is 19.9 Å². The van der Waals surface area contributed by atoms with Crippen molar-refractivity contribution in [2.75, 3.05) is 12.3 Å². The predicted molar refractivity (Wildman–Crippen MR) is 77.9 cm³/mol. The molecule has 7 nitrogen and oxygen atoms in total. The van der Waals surface area contributed by atoms with Crippen LogP contribution in [-0.2, 0) is 16.4 Å². The monoisotopic (exact) mass is 310 g/mol. The van der Waals surface area contributed by atoms with E-state index in [-0.39, 0.29) is 12.3 Å². The fourth-order valence-electron chi connectivity index (χ4n) is 1.67. The lowest BCUT2D eigenvalue weighted by atomic mass is 10.3. The highest BCUT2D eigenvalue weighted by molar-refractivity contribution is 7.89. The molecule has 0 aliphatic carbocycles. The summed E-state index contributed by atoms with van der Waals surface area (Å²) < 4.78 is 31.2. The van der Waals surface area contributed by atoms with E-state index < -0.39 is 10.0 Å². The smallest absolute Gasteiger partial charge is 0.266 e. The molecule has 0 radical (unpaired) electrons. The Morgan fingerprint density at radius 1 is 1.29 bits per heavy atom. The summed E-state index contributed by atoms with van der Waals surface area (Å²) in [6.07, 6.45) is 3.49. The number of pyridine rings is 1. The summed E-state index contributed by atoms with van der Waals surface area (Å²) in [5.41, 5.74) is 0.597. The van der Waals surface area contributed by atoms with E-state index in [1.165, 1.54) is 0 Å². The third kappa shape index (κ3) is 4.91. The summed E-state index contributed by atoms with van der Waals surface area (Å²) in [6.45, 7) is 2.20. The average molecular weight is 310 g/mol. The lowest BCUT2D eigenvalue weighted by Gasteiger charge is -2.03. The zero-order valence-corrected chi connectivity index (χ0v) is 12.6. The first-order valence-electron chi connectivity index (χ1n) is 6.82. The summed E-state index contributed by atoms with van der Waals surface area (Å²) in [5, 5.41) is 7.78. The van der Waals surface area contributed by atoms with Gasteiger partial charge in [-0.1, -0.05) is 19.4 Å². The molecule has 0 amide bonds. The maximum atomic E-state index is 11.6. The van der Waals surface area contributed by atoms with Gasteiger partial charge in [0.05, 0.1) is 5.75 Å². The molecule has 0 aliphatic rings. The van der Waals surface area contributed by atoms with E-state index in [0.29, 0.717) is 30.3 Å². The van der Waals surface area contributed by atoms with Crippen molar-refractivity contribution < 1.29 is 12.8 Å². The number of sulfonamides is 1. The summed E-state index contributed by atoms with van der Waals surface area (Å²) in [5.74, 6) is 0.861. The summed E-state index contributed by atoms with van der Waals surface area (Å²) in [7, 11) is -3.21. The van der Waals surface area contributed by atoms with E-state index in [1.54, 1.807) is 18.3 Å². The number of aromatic nitrogens is 3. The van der Waals surface area contributed by atoms with Crippen molar-refractivity contribution >= 4 is 10.0 Å². The van der Waals surface area contributed by atoms with Crippen LogP contribution in [0.4, 0.5) is 0 Å². The molecule has 0 aliphatic heterocycles. The number of hydrogen-bond donors (Lipinski definition) is 1. The van der Waals surface area contributed by atoms with Gasteiger partial charge in [-0.2, -0.15) is 0 Å². The van der Waals surface area contributed by atoms with E-state index in [0.717, 1.165) is 6.42 Å². The Labute approximate surface area is 123 Å². The highest BCUT2D eigenvalue weighted by Crippen LogP contribution is 2.14. The third-order valence-electron chi connectivity index (χ3n) is 2.78. The molecule has 0 saturated heterocycles. The van der Waals surface area contributed by atoms with Crippen LogP contribution >= 0.6 is 0 Å². The van der Waals surface area contributed by atoms with Crippen LogP contribution in [0.1, 0.15) is 25.7 Å². The molecule has 21 heavy (non-hydrogen) atoms. The minimum atomic E-state index is -3.21. The molecule has 2 aromatic heterocycles. The lowest BCUT2D eigenvalue weighted by Crippen LogP contribution is -2.28. The molecule has 2 aromatic rings. The Kier molecular flexibility index (Phi) is 5.40. The second-order valence-corrected chi connectivity index (χ2v) is 6.46. The Morgan fingerprint density at radius 3 is 2.86 bits per heavy atom. The minimum absolute atomic E-state index is 0.145. The Bertz CT molecular complexity index is 655. The quantitative estimate of drug-likeness (QED) is 0.791. The molecule has 8 heteroatoms. The van der Waals surface area contributed by atoms with Crippen molar-refractivity contribution in [2.24, 2.45) is 0 Å². The fraction of sp³-hybridized carbons (Fsp3) is 0.462. The van der Waals surface area contributed by atoms with Gasteiger partial charge in [-0.25, -0.2) is 13.1 Å². The number of rotatable bonds is 8. The molecule has 0 unspecified atom stereocenters. The number of nitrogens with one attached hydrogen (secondary N) is 1. The molecule has 0 bridgehead atoms. The second kappa shape index (κ2) is 7.28. The van der Waals surface area contributed by atoms with Crippen LogP contribution in [0.3, 0.4) is 0 Å². The second-order valence-electron chi connectivity index (χ2n) is 4.53. The minimum Gasteiger partial charge on any atom is -0.419 e. The fourth-order valence-corrected chi connectivity index (χ4v) is 2.89. The van der Waals surface area contributed by atoms with Crippen LogP contribution in [0.2, 0.25) is 0 Å². The number of unbranched alkanes of at least 4 members (excludes halogenated alkanes) is 1. The zero-order chi connectivity index (χ0) is 15.1. The van der Waals surface area contributed by atoms with Crippen LogP contribution in [0, 0.1) is 0 Å². The molecule has 0 saturated carbocycles. The third-order valence-corrected chi connectivity index (χ3v) is 4.25. The van der Waals surface area contributed by atoms with Gasteiger partial charge in [-0.05, 0) is 18.6 Å². The van der Waals surface area contributed by atoms with Gasteiger partial charge in [0.1, 0.15) is 5.69 Å². The van der Waals surface area contributed by atoms with Crippen LogP contribution in [0.25, 0.3) is 11.6 Å². The Hall–Kier alpha value is -1.80. The summed E-state index contributed by atoms with van der Waals surface area (Å²) in [4.78, 5) is 4.11. The van der Waals surface area contributed by atoms with Gasteiger partial charge in [0.25, 0.3) is 5.89 Å². The van der Waals surface area contributed by atoms with E-state index in [9.17, 15) is 8.42 Å².